The number of rotatable bonds is 6. The van der Waals surface area contributed by atoms with E-state index in [1.807, 2.05) is 48.5 Å². The highest BCUT2D eigenvalue weighted by Gasteiger charge is 2.18. The zero-order valence-electron chi connectivity index (χ0n) is 14.3. The summed E-state index contributed by atoms with van der Waals surface area (Å²) in [4.78, 5) is 23.6. The fourth-order valence-corrected chi connectivity index (χ4v) is 2.91. The van der Waals surface area contributed by atoms with Crippen molar-refractivity contribution < 1.29 is 9.59 Å². The number of urea groups is 1. The number of nitrogens with one attached hydrogen (secondary N) is 2. The molecule has 2 aromatic carbocycles. The molecule has 2 aromatic rings. The van der Waals surface area contributed by atoms with Crippen molar-refractivity contribution in [2.24, 2.45) is 5.73 Å². The van der Waals surface area contributed by atoms with Crippen molar-refractivity contribution in [2.45, 2.75) is 32.2 Å². The van der Waals surface area contributed by atoms with E-state index in [0.29, 0.717) is 5.92 Å². The summed E-state index contributed by atoms with van der Waals surface area (Å²) in [6, 6.07) is 14.0. The van der Waals surface area contributed by atoms with Gasteiger partial charge in [-0.1, -0.05) is 54.0 Å². The lowest BCUT2D eigenvalue weighted by Crippen LogP contribution is -2.35. The van der Waals surface area contributed by atoms with E-state index in [4.69, 9.17) is 5.73 Å². The van der Waals surface area contributed by atoms with Crippen LogP contribution in [0.4, 0.5) is 10.5 Å². The lowest BCUT2D eigenvalue weighted by atomic mass is 10.0. The summed E-state index contributed by atoms with van der Waals surface area (Å²) in [5.74, 6) is 0.237. The average molecular weight is 404 g/mol. The van der Waals surface area contributed by atoms with Crippen LogP contribution < -0.4 is 16.4 Å². The van der Waals surface area contributed by atoms with Gasteiger partial charge in [-0.15, -0.1) is 0 Å². The van der Waals surface area contributed by atoms with Gasteiger partial charge in [0.2, 0.25) is 5.91 Å². The molecule has 0 fully saturated rings. The van der Waals surface area contributed by atoms with Crippen LogP contribution in [0, 0.1) is 0 Å². The van der Waals surface area contributed by atoms with Gasteiger partial charge in [0.05, 0.1) is 12.5 Å². The van der Waals surface area contributed by atoms with Crippen molar-refractivity contribution in [1.29, 1.82) is 0 Å². The van der Waals surface area contributed by atoms with Gasteiger partial charge in [0, 0.05) is 10.2 Å². The maximum Gasteiger partial charge on any atom is 0.312 e. The Balaban J connectivity index is 2.07. The van der Waals surface area contributed by atoms with Crippen molar-refractivity contribution in [1.82, 2.24) is 5.32 Å². The van der Waals surface area contributed by atoms with Crippen LogP contribution in [0.5, 0.6) is 0 Å². The third kappa shape index (κ3) is 5.90. The highest BCUT2D eigenvalue weighted by molar-refractivity contribution is 9.10. The second-order valence-electron chi connectivity index (χ2n) is 6.15. The zero-order chi connectivity index (χ0) is 18.4. The number of carbonyl (C=O) groups is 2. The van der Waals surface area contributed by atoms with E-state index in [1.54, 1.807) is 0 Å². The number of primary amides is 1. The number of hydrogen-bond donors (Lipinski definition) is 3. The molecule has 1 atom stereocenters. The summed E-state index contributed by atoms with van der Waals surface area (Å²) in [7, 11) is 0. The van der Waals surface area contributed by atoms with E-state index in [-0.39, 0.29) is 12.3 Å². The van der Waals surface area contributed by atoms with E-state index < -0.39 is 12.1 Å². The second kappa shape index (κ2) is 8.67. The van der Waals surface area contributed by atoms with Crippen LogP contribution in [0.25, 0.3) is 0 Å². The number of amides is 3. The predicted molar refractivity (Wildman–Crippen MR) is 103 cm³/mol. The molecule has 1 unspecified atom stereocenters. The molecule has 2 rings (SSSR count). The number of nitrogens with two attached hydrogens (primary N) is 1. The highest BCUT2D eigenvalue weighted by atomic mass is 79.9. The lowest BCUT2D eigenvalue weighted by molar-refractivity contribution is -0.116. The quantitative estimate of drug-likeness (QED) is 0.670. The molecular formula is C19H22BrN3O2. The Morgan fingerprint density at radius 1 is 1.08 bits per heavy atom. The van der Waals surface area contributed by atoms with Gasteiger partial charge >= 0.3 is 6.03 Å². The summed E-state index contributed by atoms with van der Waals surface area (Å²) in [5, 5.41) is 5.47. The van der Waals surface area contributed by atoms with E-state index in [2.05, 4.69) is 40.4 Å². The minimum Gasteiger partial charge on any atom is -0.352 e. The first-order valence-corrected chi connectivity index (χ1v) is 8.85. The van der Waals surface area contributed by atoms with Crippen LogP contribution >= 0.6 is 15.9 Å². The van der Waals surface area contributed by atoms with Gasteiger partial charge in [0.1, 0.15) is 0 Å². The molecule has 0 radical (unpaired) electrons. The Bertz CT molecular complexity index is 745. The maximum atomic E-state index is 12.4. The molecule has 5 nitrogen and oxygen atoms in total. The normalized spacial score (nSPS) is 11.8. The molecule has 3 amide bonds. The van der Waals surface area contributed by atoms with Crippen molar-refractivity contribution in [3.63, 3.8) is 0 Å². The molecule has 0 heterocycles. The molecule has 4 N–H and O–H groups in total. The molecule has 0 spiro atoms. The highest BCUT2D eigenvalue weighted by Crippen LogP contribution is 2.22. The molecule has 0 bridgehead atoms. The Morgan fingerprint density at radius 3 is 2.32 bits per heavy atom. The monoisotopic (exact) mass is 403 g/mol. The largest absolute Gasteiger partial charge is 0.352 e. The first-order chi connectivity index (χ1) is 11.8. The Labute approximate surface area is 156 Å². The topological polar surface area (TPSA) is 84.2 Å². The zero-order valence-corrected chi connectivity index (χ0v) is 15.8. The SMILES string of the molecule is CC(C)c1ccc(NC(=O)CC(NC(N)=O)c2cccc(Br)c2)cc1. The van der Waals surface area contributed by atoms with Crippen LogP contribution in [0.1, 0.15) is 43.4 Å². The van der Waals surface area contributed by atoms with Crippen molar-refractivity contribution in [3.8, 4) is 0 Å². The molecule has 132 valence electrons. The van der Waals surface area contributed by atoms with Crippen LogP contribution in [0.2, 0.25) is 0 Å². The van der Waals surface area contributed by atoms with Crippen LogP contribution in [-0.2, 0) is 4.79 Å². The third-order valence-corrected chi connectivity index (χ3v) is 4.31. The number of hydrogen-bond acceptors (Lipinski definition) is 2. The molecule has 0 aliphatic carbocycles. The number of halogens is 1. The first kappa shape index (κ1) is 19.0. The fourth-order valence-electron chi connectivity index (χ4n) is 2.50. The van der Waals surface area contributed by atoms with E-state index in [1.165, 1.54) is 5.56 Å². The second-order valence-corrected chi connectivity index (χ2v) is 7.06. The summed E-state index contributed by atoms with van der Waals surface area (Å²) in [6.45, 7) is 4.23. The standard InChI is InChI=1S/C19H22BrN3O2/c1-12(2)13-6-8-16(9-7-13)22-18(24)11-17(23-19(21)25)14-4-3-5-15(20)10-14/h3-10,12,17H,11H2,1-2H3,(H,22,24)(H3,21,23,25). The van der Waals surface area contributed by atoms with Gasteiger partial charge in [-0.2, -0.15) is 0 Å². The van der Waals surface area contributed by atoms with Gasteiger partial charge in [0.25, 0.3) is 0 Å². The van der Waals surface area contributed by atoms with E-state index in [9.17, 15) is 9.59 Å². The number of anilines is 1. The van der Waals surface area contributed by atoms with Gasteiger partial charge in [-0.3, -0.25) is 4.79 Å². The third-order valence-electron chi connectivity index (χ3n) is 3.82. The van der Waals surface area contributed by atoms with Crippen LogP contribution in [-0.4, -0.2) is 11.9 Å². The van der Waals surface area contributed by atoms with Gasteiger partial charge in [-0.05, 0) is 41.3 Å². The first-order valence-electron chi connectivity index (χ1n) is 8.06. The van der Waals surface area contributed by atoms with Gasteiger partial charge < -0.3 is 16.4 Å². The molecule has 25 heavy (non-hydrogen) atoms. The van der Waals surface area contributed by atoms with Crippen molar-refractivity contribution in [2.75, 3.05) is 5.32 Å². The number of carbonyl (C=O) groups excluding carboxylic acids is 2. The van der Waals surface area contributed by atoms with Gasteiger partial charge in [-0.25, -0.2) is 4.79 Å². The summed E-state index contributed by atoms with van der Waals surface area (Å²) in [5.41, 5.74) is 7.98. The van der Waals surface area contributed by atoms with E-state index >= 15 is 0 Å². The smallest absolute Gasteiger partial charge is 0.312 e. The number of benzene rings is 2. The lowest BCUT2D eigenvalue weighted by Gasteiger charge is -2.18. The molecule has 0 aromatic heterocycles. The average Bonchev–Trinajstić information content (AvgIpc) is 2.54. The van der Waals surface area contributed by atoms with Crippen molar-refractivity contribution >= 4 is 33.6 Å². The summed E-state index contributed by atoms with van der Waals surface area (Å²) >= 11 is 3.39. The van der Waals surface area contributed by atoms with Crippen LogP contribution in [0.3, 0.4) is 0 Å². The van der Waals surface area contributed by atoms with Crippen LogP contribution in [0.15, 0.2) is 53.0 Å². The van der Waals surface area contributed by atoms with Crippen molar-refractivity contribution in [3.05, 3.63) is 64.1 Å². The Hall–Kier alpha value is -2.34. The molecule has 0 saturated carbocycles. The maximum absolute atomic E-state index is 12.4. The molecule has 0 aliphatic rings. The molecule has 0 saturated heterocycles. The van der Waals surface area contributed by atoms with Gasteiger partial charge in [0.15, 0.2) is 0 Å². The minimum atomic E-state index is -0.668. The molecule has 0 aliphatic heterocycles. The Kier molecular flexibility index (Phi) is 6.58. The van der Waals surface area contributed by atoms with E-state index in [0.717, 1.165) is 15.7 Å². The minimum absolute atomic E-state index is 0.0886. The summed E-state index contributed by atoms with van der Waals surface area (Å²) < 4.78 is 0.867. The summed E-state index contributed by atoms with van der Waals surface area (Å²) in [6.07, 6.45) is 0.0886. The Morgan fingerprint density at radius 2 is 1.76 bits per heavy atom. The fraction of sp³-hybridized carbons (Fsp3) is 0.263. The predicted octanol–water partition coefficient (Wildman–Crippen LogP) is 4.31. The molecule has 6 heteroatoms. The molecular weight excluding hydrogens is 382 g/mol.